The Morgan fingerprint density at radius 3 is 2.69 bits per heavy atom. The fourth-order valence-electron chi connectivity index (χ4n) is 3.46. The summed E-state index contributed by atoms with van der Waals surface area (Å²) in [6, 6.07) is 11.4. The van der Waals surface area contributed by atoms with Crippen LogP contribution in [0.3, 0.4) is 0 Å². The molecule has 3 aromatic rings. The molecule has 0 atom stereocenters. The van der Waals surface area contributed by atoms with Crippen molar-refractivity contribution >= 4 is 40.2 Å². The van der Waals surface area contributed by atoms with Gasteiger partial charge in [0, 0.05) is 36.6 Å². The standard InChI is InChI=1S/C23H24ClFN4O2S/c1-28-8-10-29(11-9-28)21-7-2-16(24)12-20(21)27-22(30)13-18-15-32-23(26-18)14-31-19-5-3-17(25)4-6-19/h2-7,12,15H,8-11,13-14H2,1H3,(H,27,30). The molecule has 9 heteroatoms. The third-order valence-corrected chi connectivity index (χ3v) is 6.30. The minimum atomic E-state index is -0.310. The maximum absolute atomic E-state index is 13.0. The highest BCUT2D eigenvalue weighted by Crippen LogP contribution is 2.30. The first-order valence-corrected chi connectivity index (χ1v) is 11.6. The molecule has 32 heavy (non-hydrogen) atoms. The van der Waals surface area contributed by atoms with Gasteiger partial charge in [-0.2, -0.15) is 0 Å². The van der Waals surface area contributed by atoms with Crippen molar-refractivity contribution in [2.24, 2.45) is 0 Å². The van der Waals surface area contributed by atoms with Gasteiger partial charge < -0.3 is 19.9 Å². The van der Waals surface area contributed by atoms with Crippen LogP contribution in [0.25, 0.3) is 0 Å². The molecule has 1 N–H and O–H groups in total. The summed E-state index contributed by atoms with van der Waals surface area (Å²) in [4.78, 5) is 21.7. The van der Waals surface area contributed by atoms with Crippen molar-refractivity contribution in [1.82, 2.24) is 9.88 Å². The van der Waals surface area contributed by atoms with Crippen LogP contribution < -0.4 is 15.0 Å². The first kappa shape index (κ1) is 22.5. The molecule has 1 aliphatic rings. The van der Waals surface area contributed by atoms with Crippen LogP contribution in [0.1, 0.15) is 10.7 Å². The Kier molecular flexibility index (Phi) is 7.24. The zero-order chi connectivity index (χ0) is 22.5. The van der Waals surface area contributed by atoms with E-state index in [1.54, 1.807) is 18.2 Å². The minimum Gasteiger partial charge on any atom is -0.486 e. The number of piperazine rings is 1. The third kappa shape index (κ3) is 5.97. The molecule has 0 saturated carbocycles. The van der Waals surface area contributed by atoms with Crippen LogP contribution in [-0.4, -0.2) is 49.0 Å². The molecule has 1 fully saturated rings. The van der Waals surface area contributed by atoms with Crippen molar-refractivity contribution in [3.05, 3.63) is 69.4 Å². The Labute approximate surface area is 195 Å². The second kappa shape index (κ2) is 10.3. The number of hydrogen-bond donors (Lipinski definition) is 1. The molecule has 1 aliphatic heterocycles. The lowest BCUT2D eigenvalue weighted by atomic mass is 10.2. The van der Waals surface area contributed by atoms with Gasteiger partial charge in [0.05, 0.1) is 23.5 Å². The van der Waals surface area contributed by atoms with Crippen molar-refractivity contribution in [3.63, 3.8) is 0 Å². The predicted molar refractivity (Wildman–Crippen MR) is 126 cm³/mol. The number of amides is 1. The van der Waals surface area contributed by atoms with Gasteiger partial charge in [-0.05, 0) is 49.5 Å². The smallest absolute Gasteiger partial charge is 0.230 e. The highest BCUT2D eigenvalue weighted by Gasteiger charge is 2.19. The molecule has 0 unspecified atom stereocenters. The van der Waals surface area contributed by atoms with E-state index in [0.717, 1.165) is 36.9 Å². The molecule has 1 saturated heterocycles. The van der Waals surface area contributed by atoms with Crippen molar-refractivity contribution in [2.45, 2.75) is 13.0 Å². The average molecular weight is 475 g/mol. The maximum atomic E-state index is 13.0. The molecule has 2 heterocycles. The van der Waals surface area contributed by atoms with Crippen molar-refractivity contribution in [1.29, 1.82) is 0 Å². The van der Waals surface area contributed by atoms with E-state index >= 15 is 0 Å². The molecule has 0 radical (unpaired) electrons. The Balaban J connectivity index is 1.36. The fourth-order valence-corrected chi connectivity index (χ4v) is 4.34. The quantitative estimate of drug-likeness (QED) is 0.548. The second-order valence-electron chi connectivity index (χ2n) is 7.65. The maximum Gasteiger partial charge on any atom is 0.230 e. The molecule has 0 bridgehead atoms. The van der Waals surface area contributed by atoms with Gasteiger partial charge in [-0.25, -0.2) is 9.37 Å². The number of carbonyl (C=O) groups is 1. The molecule has 1 amide bonds. The van der Waals surface area contributed by atoms with Gasteiger partial charge in [-0.1, -0.05) is 11.6 Å². The number of aromatic nitrogens is 1. The van der Waals surface area contributed by atoms with Gasteiger partial charge >= 0.3 is 0 Å². The second-order valence-corrected chi connectivity index (χ2v) is 9.03. The topological polar surface area (TPSA) is 57.7 Å². The van der Waals surface area contributed by atoms with Crippen LogP contribution >= 0.6 is 22.9 Å². The van der Waals surface area contributed by atoms with E-state index in [-0.39, 0.29) is 24.8 Å². The minimum absolute atomic E-state index is 0.154. The Bertz CT molecular complexity index is 1070. The van der Waals surface area contributed by atoms with Gasteiger partial charge in [0.25, 0.3) is 0 Å². The average Bonchev–Trinajstić information content (AvgIpc) is 3.21. The van der Waals surface area contributed by atoms with Crippen molar-refractivity contribution in [2.75, 3.05) is 43.4 Å². The summed E-state index contributed by atoms with van der Waals surface area (Å²) >= 11 is 7.62. The third-order valence-electron chi connectivity index (χ3n) is 5.19. The van der Waals surface area contributed by atoms with Crippen LogP contribution in [0, 0.1) is 5.82 Å². The number of thiazole rings is 1. The molecule has 4 rings (SSSR count). The zero-order valence-electron chi connectivity index (χ0n) is 17.7. The molecular weight excluding hydrogens is 451 g/mol. The van der Waals surface area contributed by atoms with Gasteiger partial charge in [0.15, 0.2) is 0 Å². The summed E-state index contributed by atoms with van der Waals surface area (Å²) in [7, 11) is 2.11. The number of nitrogens with zero attached hydrogens (tertiary/aromatic N) is 3. The van der Waals surface area contributed by atoms with E-state index in [2.05, 4.69) is 27.1 Å². The van der Waals surface area contributed by atoms with Gasteiger partial charge in [0.1, 0.15) is 23.2 Å². The molecule has 168 valence electrons. The molecule has 0 aliphatic carbocycles. The van der Waals surface area contributed by atoms with E-state index in [9.17, 15) is 9.18 Å². The van der Waals surface area contributed by atoms with Crippen molar-refractivity contribution in [3.8, 4) is 5.75 Å². The molecule has 6 nitrogen and oxygen atoms in total. The van der Waals surface area contributed by atoms with Crippen LogP contribution in [0.5, 0.6) is 5.75 Å². The number of hydrogen-bond acceptors (Lipinski definition) is 6. The number of benzene rings is 2. The van der Waals surface area contributed by atoms with Crippen LogP contribution in [-0.2, 0) is 17.8 Å². The summed E-state index contributed by atoms with van der Waals surface area (Å²) in [6.07, 6.45) is 0.155. The number of carbonyl (C=O) groups excluding carboxylic acids is 1. The first-order valence-electron chi connectivity index (χ1n) is 10.3. The number of nitrogens with one attached hydrogen (secondary N) is 1. The fraction of sp³-hybridized carbons (Fsp3) is 0.304. The van der Waals surface area contributed by atoms with Crippen LogP contribution in [0.2, 0.25) is 5.02 Å². The summed E-state index contributed by atoms with van der Waals surface area (Å²) in [5.41, 5.74) is 2.36. The lowest BCUT2D eigenvalue weighted by Crippen LogP contribution is -2.44. The normalized spacial score (nSPS) is 14.4. The van der Waals surface area contributed by atoms with E-state index in [0.29, 0.717) is 22.2 Å². The summed E-state index contributed by atoms with van der Waals surface area (Å²) in [6.45, 7) is 3.99. The van der Waals surface area contributed by atoms with E-state index in [1.165, 1.54) is 23.5 Å². The largest absolute Gasteiger partial charge is 0.486 e. The molecule has 0 spiro atoms. The number of likely N-dealkylation sites (N-methyl/N-ethyl adjacent to an activating group) is 1. The lowest BCUT2D eigenvalue weighted by molar-refractivity contribution is -0.115. The zero-order valence-corrected chi connectivity index (χ0v) is 19.3. The number of rotatable bonds is 7. The summed E-state index contributed by atoms with van der Waals surface area (Å²) < 4.78 is 18.6. The summed E-state index contributed by atoms with van der Waals surface area (Å²) in [5.74, 6) is 0.104. The van der Waals surface area contributed by atoms with Crippen molar-refractivity contribution < 1.29 is 13.9 Å². The molecule has 1 aromatic heterocycles. The van der Waals surface area contributed by atoms with Gasteiger partial charge in [-0.3, -0.25) is 4.79 Å². The highest BCUT2D eigenvalue weighted by molar-refractivity contribution is 7.09. The Morgan fingerprint density at radius 1 is 1.19 bits per heavy atom. The summed E-state index contributed by atoms with van der Waals surface area (Å²) in [5, 5.41) is 6.17. The number of ether oxygens (including phenoxy) is 1. The van der Waals surface area contributed by atoms with E-state index < -0.39 is 0 Å². The van der Waals surface area contributed by atoms with E-state index in [1.807, 2.05) is 17.5 Å². The van der Waals surface area contributed by atoms with Gasteiger partial charge in [0.2, 0.25) is 5.91 Å². The Hall–Kier alpha value is -2.68. The number of halogens is 2. The Morgan fingerprint density at radius 2 is 1.94 bits per heavy atom. The van der Waals surface area contributed by atoms with Gasteiger partial charge in [-0.15, -0.1) is 11.3 Å². The SMILES string of the molecule is CN1CCN(c2ccc(Cl)cc2NC(=O)Cc2csc(COc3ccc(F)cc3)n2)CC1. The lowest BCUT2D eigenvalue weighted by Gasteiger charge is -2.35. The van der Waals surface area contributed by atoms with Crippen LogP contribution in [0.15, 0.2) is 47.8 Å². The highest BCUT2D eigenvalue weighted by atomic mass is 35.5. The molecule has 2 aromatic carbocycles. The number of anilines is 2. The van der Waals surface area contributed by atoms with E-state index in [4.69, 9.17) is 16.3 Å². The first-order chi connectivity index (χ1) is 15.5. The van der Waals surface area contributed by atoms with Crippen LogP contribution in [0.4, 0.5) is 15.8 Å². The molecular formula is C23H24ClFN4O2S. The monoisotopic (exact) mass is 474 g/mol. The predicted octanol–water partition coefficient (Wildman–Crippen LogP) is 4.45.